The van der Waals surface area contributed by atoms with Crippen LogP contribution in [-0.4, -0.2) is 23.1 Å². The fraction of sp³-hybridized carbons (Fsp3) is 0.692. The van der Waals surface area contributed by atoms with Crippen molar-refractivity contribution in [2.75, 3.05) is 23.9 Å². The van der Waals surface area contributed by atoms with E-state index in [0.717, 1.165) is 12.4 Å². The normalized spacial score (nSPS) is 20.1. The number of nitrogens with two attached hydrogens (primary N) is 1. The number of anilines is 2. The van der Waals surface area contributed by atoms with Crippen LogP contribution in [-0.2, 0) is 11.3 Å². The van der Waals surface area contributed by atoms with Crippen molar-refractivity contribution < 1.29 is 4.74 Å². The van der Waals surface area contributed by atoms with Gasteiger partial charge < -0.3 is 15.5 Å². The molecule has 1 aliphatic carbocycles. The number of hydrazine groups is 1. The molecule has 0 bridgehead atoms. The van der Waals surface area contributed by atoms with Gasteiger partial charge in [-0.15, -0.1) is 0 Å². The van der Waals surface area contributed by atoms with E-state index in [9.17, 15) is 0 Å². The van der Waals surface area contributed by atoms with Crippen molar-refractivity contribution in [2.24, 2.45) is 17.2 Å². The van der Waals surface area contributed by atoms with Gasteiger partial charge in [0, 0.05) is 19.2 Å². The summed E-state index contributed by atoms with van der Waals surface area (Å²) >= 11 is 0. The fourth-order valence-electron chi connectivity index (χ4n) is 2.07. The minimum Gasteiger partial charge on any atom is -0.374 e. The van der Waals surface area contributed by atoms with E-state index in [2.05, 4.69) is 34.6 Å². The minimum absolute atomic E-state index is 0.398. The Morgan fingerprint density at radius 3 is 2.68 bits per heavy atom. The van der Waals surface area contributed by atoms with Gasteiger partial charge in [0.15, 0.2) is 5.82 Å². The molecule has 106 valence electrons. The zero-order chi connectivity index (χ0) is 13.9. The molecule has 1 fully saturated rings. The van der Waals surface area contributed by atoms with E-state index in [0.29, 0.717) is 36.2 Å². The van der Waals surface area contributed by atoms with Crippen LogP contribution in [0.2, 0.25) is 0 Å². The largest absolute Gasteiger partial charge is 0.374 e. The first kappa shape index (κ1) is 14.0. The van der Waals surface area contributed by atoms with Crippen LogP contribution in [0.5, 0.6) is 0 Å². The minimum atomic E-state index is 0.398. The van der Waals surface area contributed by atoms with Gasteiger partial charge in [-0.1, -0.05) is 13.8 Å². The standard InChI is InChI=1S/C13H23N5O/c1-4-19-8-12-16-10(5-11(17-12)18-14)15-7-9-6-13(9,2)3/h5,9H,4,6-8,14H2,1-3H3,(H2,15,16,17,18). The predicted octanol–water partition coefficient (Wildman–Crippen LogP) is 1.76. The zero-order valence-electron chi connectivity index (χ0n) is 11.9. The molecule has 0 aromatic carbocycles. The van der Waals surface area contributed by atoms with Gasteiger partial charge in [0.25, 0.3) is 0 Å². The lowest BCUT2D eigenvalue weighted by Crippen LogP contribution is -2.14. The van der Waals surface area contributed by atoms with Crippen LogP contribution in [0.3, 0.4) is 0 Å². The third kappa shape index (κ3) is 3.78. The molecule has 1 atom stereocenters. The first-order valence-electron chi connectivity index (χ1n) is 6.71. The Morgan fingerprint density at radius 1 is 1.42 bits per heavy atom. The highest BCUT2D eigenvalue weighted by Crippen LogP contribution is 2.51. The van der Waals surface area contributed by atoms with Crippen LogP contribution in [0.25, 0.3) is 0 Å². The molecule has 1 aliphatic rings. The first-order valence-corrected chi connectivity index (χ1v) is 6.71. The summed E-state index contributed by atoms with van der Waals surface area (Å²) < 4.78 is 5.32. The maximum absolute atomic E-state index is 5.42. The van der Waals surface area contributed by atoms with E-state index < -0.39 is 0 Å². The lowest BCUT2D eigenvalue weighted by atomic mass is 10.1. The molecule has 1 heterocycles. The topological polar surface area (TPSA) is 85.1 Å². The Hall–Kier alpha value is -1.40. The molecule has 19 heavy (non-hydrogen) atoms. The molecule has 0 amide bonds. The number of nitrogen functional groups attached to an aromatic ring is 1. The van der Waals surface area contributed by atoms with Crippen molar-refractivity contribution in [3.05, 3.63) is 11.9 Å². The Kier molecular flexibility index (Phi) is 4.21. The van der Waals surface area contributed by atoms with E-state index in [1.54, 1.807) is 0 Å². The van der Waals surface area contributed by atoms with Crippen molar-refractivity contribution in [1.82, 2.24) is 9.97 Å². The van der Waals surface area contributed by atoms with E-state index in [-0.39, 0.29) is 0 Å². The summed E-state index contributed by atoms with van der Waals surface area (Å²) in [5.74, 6) is 8.16. The Bertz CT molecular complexity index is 435. The van der Waals surface area contributed by atoms with Gasteiger partial charge in [-0.05, 0) is 24.7 Å². The maximum atomic E-state index is 5.42. The van der Waals surface area contributed by atoms with Crippen LogP contribution in [0.15, 0.2) is 6.07 Å². The van der Waals surface area contributed by atoms with Crippen molar-refractivity contribution in [1.29, 1.82) is 0 Å². The lowest BCUT2D eigenvalue weighted by molar-refractivity contribution is 0.128. The SMILES string of the molecule is CCOCc1nc(NN)cc(NCC2CC2(C)C)n1. The van der Waals surface area contributed by atoms with Gasteiger partial charge in [0.2, 0.25) is 0 Å². The van der Waals surface area contributed by atoms with Gasteiger partial charge in [-0.3, -0.25) is 0 Å². The number of hydrogen-bond acceptors (Lipinski definition) is 6. The number of ether oxygens (including phenoxy) is 1. The quantitative estimate of drug-likeness (QED) is 0.514. The Labute approximate surface area is 114 Å². The number of rotatable bonds is 7. The van der Waals surface area contributed by atoms with Gasteiger partial charge in [0.05, 0.1) is 0 Å². The molecule has 4 N–H and O–H groups in total. The maximum Gasteiger partial charge on any atom is 0.158 e. The van der Waals surface area contributed by atoms with Crippen LogP contribution in [0.1, 0.15) is 33.0 Å². The Morgan fingerprint density at radius 2 is 2.11 bits per heavy atom. The van der Waals surface area contributed by atoms with E-state index in [1.807, 2.05) is 13.0 Å². The van der Waals surface area contributed by atoms with E-state index in [1.165, 1.54) is 6.42 Å². The number of aromatic nitrogens is 2. The molecule has 0 saturated heterocycles. The van der Waals surface area contributed by atoms with Gasteiger partial charge >= 0.3 is 0 Å². The molecule has 2 rings (SSSR count). The van der Waals surface area contributed by atoms with E-state index in [4.69, 9.17) is 10.6 Å². The average Bonchev–Trinajstić information content (AvgIpc) is 3.01. The molecule has 1 aromatic rings. The highest BCUT2D eigenvalue weighted by atomic mass is 16.5. The number of nitrogens with one attached hydrogen (secondary N) is 2. The third-order valence-corrected chi connectivity index (χ3v) is 3.60. The summed E-state index contributed by atoms with van der Waals surface area (Å²) in [7, 11) is 0. The summed E-state index contributed by atoms with van der Waals surface area (Å²) in [6, 6.07) is 1.81. The summed E-state index contributed by atoms with van der Waals surface area (Å²) in [5.41, 5.74) is 3.02. The second-order valence-corrected chi connectivity index (χ2v) is 5.61. The third-order valence-electron chi connectivity index (χ3n) is 3.60. The van der Waals surface area contributed by atoms with Crippen LogP contribution in [0, 0.1) is 11.3 Å². The molecule has 0 radical (unpaired) electrons. The van der Waals surface area contributed by atoms with Crippen LogP contribution in [0.4, 0.5) is 11.6 Å². The summed E-state index contributed by atoms with van der Waals surface area (Å²) in [5, 5.41) is 3.35. The average molecular weight is 265 g/mol. The van der Waals surface area contributed by atoms with Gasteiger partial charge in [0.1, 0.15) is 18.2 Å². The molecular weight excluding hydrogens is 242 g/mol. The second-order valence-electron chi connectivity index (χ2n) is 5.61. The summed E-state index contributed by atoms with van der Waals surface area (Å²) in [6.45, 7) is 8.49. The molecule has 6 nitrogen and oxygen atoms in total. The van der Waals surface area contributed by atoms with Crippen LogP contribution < -0.4 is 16.6 Å². The van der Waals surface area contributed by atoms with E-state index >= 15 is 0 Å². The molecule has 0 spiro atoms. The molecule has 0 aliphatic heterocycles. The first-order chi connectivity index (χ1) is 9.05. The zero-order valence-corrected chi connectivity index (χ0v) is 11.9. The van der Waals surface area contributed by atoms with Crippen LogP contribution >= 0.6 is 0 Å². The molecule has 1 saturated carbocycles. The lowest BCUT2D eigenvalue weighted by Gasteiger charge is -2.10. The molecular formula is C13H23N5O. The van der Waals surface area contributed by atoms with Gasteiger partial charge in [-0.2, -0.15) is 0 Å². The predicted molar refractivity (Wildman–Crippen MR) is 75.5 cm³/mol. The van der Waals surface area contributed by atoms with Crippen molar-refractivity contribution in [3.63, 3.8) is 0 Å². The van der Waals surface area contributed by atoms with Crippen molar-refractivity contribution in [2.45, 2.75) is 33.8 Å². The fourth-order valence-corrected chi connectivity index (χ4v) is 2.07. The number of hydrogen-bond donors (Lipinski definition) is 3. The molecule has 1 aromatic heterocycles. The van der Waals surface area contributed by atoms with Gasteiger partial charge in [-0.25, -0.2) is 15.8 Å². The molecule has 6 heteroatoms. The summed E-state index contributed by atoms with van der Waals surface area (Å²) in [6.07, 6.45) is 1.26. The smallest absolute Gasteiger partial charge is 0.158 e. The number of nitrogens with zero attached hydrogens (tertiary/aromatic N) is 2. The Balaban J connectivity index is 1.98. The molecule has 1 unspecified atom stereocenters. The highest BCUT2D eigenvalue weighted by molar-refractivity contribution is 5.47. The van der Waals surface area contributed by atoms with Crippen molar-refractivity contribution in [3.8, 4) is 0 Å². The van der Waals surface area contributed by atoms with Crippen molar-refractivity contribution >= 4 is 11.6 Å². The monoisotopic (exact) mass is 265 g/mol. The second kappa shape index (κ2) is 5.71. The summed E-state index contributed by atoms with van der Waals surface area (Å²) in [4.78, 5) is 8.67. The highest BCUT2D eigenvalue weighted by Gasteiger charge is 2.44.